The number of Topliss-reactive ketones (excluding diaryl/α,β-unsaturated/α-hetero) is 1. The Labute approximate surface area is 94.7 Å². The molecule has 0 saturated heterocycles. The summed E-state index contributed by atoms with van der Waals surface area (Å²) < 4.78 is 0. The molecule has 0 fully saturated rings. The van der Waals surface area contributed by atoms with E-state index in [1.54, 1.807) is 0 Å². The van der Waals surface area contributed by atoms with Crippen LogP contribution in [0.3, 0.4) is 0 Å². The summed E-state index contributed by atoms with van der Waals surface area (Å²) in [5, 5.41) is 2.22. The predicted octanol–water partition coefficient (Wildman–Crippen LogP) is 0.913. The second kappa shape index (κ2) is 8.70. The van der Waals surface area contributed by atoms with Crippen molar-refractivity contribution in [3.05, 3.63) is 0 Å². The van der Waals surface area contributed by atoms with E-state index < -0.39 is 12.0 Å². The lowest BCUT2D eigenvalue weighted by atomic mass is 10.1. The van der Waals surface area contributed by atoms with Crippen molar-refractivity contribution in [1.29, 1.82) is 0 Å². The lowest BCUT2D eigenvalue weighted by molar-refractivity contribution is -0.149. The molecule has 0 unspecified atom stereocenters. The molecule has 0 aliphatic rings. The highest BCUT2D eigenvalue weighted by molar-refractivity contribution is 5.83. The van der Waals surface area contributed by atoms with Crippen LogP contribution in [0.1, 0.15) is 39.0 Å². The smallest absolute Gasteiger partial charge is 0.339 e. The number of nitrogens with one attached hydrogen (secondary N) is 2. The van der Waals surface area contributed by atoms with Gasteiger partial charge in [-0.1, -0.05) is 13.3 Å². The molecule has 6 nitrogen and oxygen atoms in total. The first-order valence-electron chi connectivity index (χ1n) is 5.29. The Morgan fingerprint density at radius 2 is 1.81 bits per heavy atom. The van der Waals surface area contributed by atoms with Crippen LogP contribution in [0.2, 0.25) is 0 Å². The molecule has 92 valence electrons. The number of carbonyl (C=O) groups excluding carboxylic acids is 3. The number of carbonyl (C=O) groups is 3. The monoisotopic (exact) mass is 230 g/mol. The lowest BCUT2D eigenvalue weighted by Crippen LogP contribution is -2.34. The third-order valence-electron chi connectivity index (χ3n) is 1.90. The summed E-state index contributed by atoms with van der Waals surface area (Å²) in [6.45, 7) is 1.99. The Balaban J connectivity index is 3.57. The van der Waals surface area contributed by atoms with E-state index in [2.05, 4.69) is 10.2 Å². The first-order chi connectivity index (χ1) is 7.60. The van der Waals surface area contributed by atoms with Crippen molar-refractivity contribution in [3.8, 4) is 0 Å². The molecule has 16 heavy (non-hydrogen) atoms. The van der Waals surface area contributed by atoms with E-state index >= 15 is 0 Å². The number of rotatable bonds is 6. The number of amides is 2. The Hall–Kier alpha value is -1.59. The minimum absolute atomic E-state index is 0.00740. The van der Waals surface area contributed by atoms with E-state index in [1.165, 1.54) is 7.05 Å². The predicted molar refractivity (Wildman–Crippen MR) is 57.4 cm³/mol. The Morgan fingerprint density at radius 3 is 2.38 bits per heavy atom. The van der Waals surface area contributed by atoms with Crippen molar-refractivity contribution in [2.75, 3.05) is 7.05 Å². The average molecular weight is 230 g/mol. The molecule has 0 atom stereocenters. The summed E-state index contributed by atoms with van der Waals surface area (Å²) in [5.41, 5.74) is 1.89. The molecule has 0 saturated carbocycles. The topological polar surface area (TPSA) is 84.5 Å². The van der Waals surface area contributed by atoms with E-state index in [4.69, 9.17) is 0 Å². The zero-order chi connectivity index (χ0) is 12.4. The van der Waals surface area contributed by atoms with Gasteiger partial charge < -0.3 is 10.2 Å². The van der Waals surface area contributed by atoms with Crippen molar-refractivity contribution in [3.63, 3.8) is 0 Å². The normalized spacial score (nSPS) is 9.38. The summed E-state index contributed by atoms with van der Waals surface area (Å²) in [6.07, 6.45) is 2.44. The first kappa shape index (κ1) is 14.4. The van der Waals surface area contributed by atoms with Gasteiger partial charge in [-0.2, -0.15) is 5.48 Å². The molecule has 0 radical (unpaired) electrons. The number of urea groups is 1. The second-order valence-electron chi connectivity index (χ2n) is 3.30. The molecule has 0 aliphatic carbocycles. The SMILES string of the molecule is CCCCC(=O)CCC(=O)ONC(=O)NC. The molecule has 0 bridgehead atoms. The fourth-order valence-corrected chi connectivity index (χ4v) is 0.946. The number of hydroxylamine groups is 1. The molecule has 2 N–H and O–H groups in total. The van der Waals surface area contributed by atoms with Crippen LogP contribution in [-0.4, -0.2) is 24.8 Å². The van der Waals surface area contributed by atoms with Crippen molar-refractivity contribution < 1.29 is 19.2 Å². The second-order valence-corrected chi connectivity index (χ2v) is 3.30. The Bertz CT molecular complexity index is 253. The van der Waals surface area contributed by atoms with Gasteiger partial charge in [-0.05, 0) is 6.42 Å². The number of hydrogen-bond donors (Lipinski definition) is 2. The van der Waals surface area contributed by atoms with Gasteiger partial charge in [0.05, 0.1) is 6.42 Å². The molecule has 0 aromatic heterocycles. The average Bonchev–Trinajstić information content (AvgIpc) is 2.30. The van der Waals surface area contributed by atoms with Crippen molar-refractivity contribution in [2.24, 2.45) is 0 Å². The summed E-state index contributed by atoms with van der Waals surface area (Å²) in [7, 11) is 1.40. The number of ketones is 1. The van der Waals surface area contributed by atoms with Gasteiger partial charge >= 0.3 is 12.0 Å². The third kappa shape index (κ3) is 7.78. The largest absolute Gasteiger partial charge is 0.347 e. The molecule has 0 aromatic carbocycles. The van der Waals surface area contributed by atoms with E-state index in [1.807, 2.05) is 12.4 Å². The maximum atomic E-state index is 11.2. The fourth-order valence-electron chi connectivity index (χ4n) is 0.946. The molecular weight excluding hydrogens is 212 g/mol. The molecule has 0 heterocycles. The highest BCUT2D eigenvalue weighted by Gasteiger charge is 2.09. The van der Waals surface area contributed by atoms with Gasteiger partial charge in [0.2, 0.25) is 0 Å². The zero-order valence-electron chi connectivity index (χ0n) is 9.67. The van der Waals surface area contributed by atoms with Crippen molar-refractivity contribution in [1.82, 2.24) is 10.8 Å². The van der Waals surface area contributed by atoms with Gasteiger partial charge in [0.25, 0.3) is 0 Å². The quantitative estimate of drug-likeness (QED) is 0.664. The van der Waals surface area contributed by atoms with Crippen molar-refractivity contribution >= 4 is 17.8 Å². The molecule has 0 spiro atoms. The molecule has 0 rings (SSSR count). The van der Waals surface area contributed by atoms with E-state index in [0.29, 0.717) is 6.42 Å². The van der Waals surface area contributed by atoms with Gasteiger partial charge in [0.1, 0.15) is 5.78 Å². The fraction of sp³-hybridized carbons (Fsp3) is 0.700. The maximum absolute atomic E-state index is 11.2. The van der Waals surface area contributed by atoms with Gasteiger partial charge in [0, 0.05) is 19.9 Å². The summed E-state index contributed by atoms with van der Waals surface area (Å²) in [4.78, 5) is 37.2. The van der Waals surface area contributed by atoms with Crippen LogP contribution >= 0.6 is 0 Å². The number of hydrogen-bond acceptors (Lipinski definition) is 4. The molecule has 6 heteroatoms. The highest BCUT2D eigenvalue weighted by atomic mass is 16.7. The van der Waals surface area contributed by atoms with E-state index in [9.17, 15) is 14.4 Å². The van der Waals surface area contributed by atoms with Gasteiger partial charge in [-0.3, -0.25) is 4.79 Å². The van der Waals surface area contributed by atoms with E-state index in [-0.39, 0.29) is 18.6 Å². The molecular formula is C10H18N2O4. The standard InChI is InChI=1S/C10H18N2O4/c1-3-4-5-8(13)6-7-9(14)16-12-10(15)11-2/h3-7H2,1-2H3,(H2,11,12,15). The minimum Gasteiger partial charge on any atom is -0.339 e. The van der Waals surface area contributed by atoms with Crippen molar-refractivity contribution in [2.45, 2.75) is 39.0 Å². The summed E-state index contributed by atoms with van der Waals surface area (Å²) in [6, 6.07) is -0.606. The Kier molecular flexibility index (Phi) is 7.83. The van der Waals surface area contributed by atoms with E-state index in [0.717, 1.165) is 12.8 Å². The van der Waals surface area contributed by atoms with Crippen LogP contribution < -0.4 is 10.8 Å². The molecule has 0 aromatic rings. The number of unbranched alkanes of at least 4 members (excludes halogenated alkanes) is 1. The van der Waals surface area contributed by atoms with Crippen LogP contribution in [0.25, 0.3) is 0 Å². The first-order valence-corrected chi connectivity index (χ1v) is 5.29. The van der Waals surface area contributed by atoms with Gasteiger partial charge in [-0.25, -0.2) is 9.59 Å². The Morgan fingerprint density at radius 1 is 1.12 bits per heavy atom. The van der Waals surface area contributed by atoms with Crippen LogP contribution in [-0.2, 0) is 14.4 Å². The van der Waals surface area contributed by atoms with Gasteiger partial charge in [-0.15, -0.1) is 0 Å². The lowest BCUT2D eigenvalue weighted by Gasteiger charge is -2.04. The summed E-state index contributed by atoms with van der Waals surface area (Å²) in [5.74, 6) is -0.577. The zero-order valence-corrected chi connectivity index (χ0v) is 9.67. The highest BCUT2D eigenvalue weighted by Crippen LogP contribution is 2.01. The van der Waals surface area contributed by atoms with Crippen LogP contribution in [0, 0.1) is 0 Å². The van der Waals surface area contributed by atoms with Crippen LogP contribution in [0.5, 0.6) is 0 Å². The summed E-state index contributed by atoms with van der Waals surface area (Å²) >= 11 is 0. The van der Waals surface area contributed by atoms with Crippen LogP contribution in [0.4, 0.5) is 4.79 Å². The third-order valence-corrected chi connectivity index (χ3v) is 1.90. The van der Waals surface area contributed by atoms with Crippen LogP contribution in [0.15, 0.2) is 0 Å². The maximum Gasteiger partial charge on any atom is 0.347 e. The minimum atomic E-state index is -0.617. The molecule has 0 aliphatic heterocycles. The van der Waals surface area contributed by atoms with Gasteiger partial charge in [0.15, 0.2) is 0 Å². The molecule has 2 amide bonds.